The van der Waals surface area contributed by atoms with Gasteiger partial charge in [0.05, 0.1) is 15.7 Å². The largest absolute Gasteiger partial charge is 0.483 e. The van der Waals surface area contributed by atoms with Gasteiger partial charge >= 0.3 is 0 Å². The molecular weight excluding hydrogens is 456 g/mol. The molecule has 0 saturated carbocycles. The molecule has 3 aromatic rings. The molecule has 2 amide bonds. The molecule has 29 heavy (non-hydrogen) atoms. The molecule has 3 rings (SSSR count). The molecule has 0 aliphatic carbocycles. The van der Waals surface area contributed by atoms with E-state index in [2.05, 4.69) is 26.6 Å². The molecule has 5 nitrogen and oxygen atoms in total. The first-order chi connectivity index (χ1) is 14.0. The molecule has 0 fully saturated rings. The van der Waals surface area contributed by atoms with E-state index in [0.717, 1.165) is 5.56 Å². The van der Waals surface area contributed by atoms with E-state index in [1.807, 2.05) is 30.3 Å². The molecule has 0 bridgehead atoms. The Morgan fingerprint density at radius 3 is 2.45 bits per heavy atom. The lowest BCUT2D eigenvalue weighted by atomic mass is 10.1. The fraction of sp³-hybridized carbons (Fsp3) is 0.0909. The first kappa shape index (κ1) is 20.9. The van der Waals surface area contributed by atoms with Crippen molar-refractivity contribution in [3.63, 3.8) is 0 Å². The summed E-state index contributed by atoms with van der Waals surface area (Å²) in [5, 5.41) is 6.14. The molecule has 0 spiro atoms. The van der Waals surface area contributed by atoms with Gasteiger partial charge in [0.15, 0.2) is 6.61 Å². The number of halogens is 2. The molecule has 2 N–H and O–H groups in total. The smallest absolute Gasteiger partial charge is 0.262 e. The van der Waals surface area contributed by atoms with Crippen LogP contribution in [0.1, 0.15) is 15.9 Å². The fourth-order valence-corrected chi connectivity index (χ4v) is 3.38. The van der Waals surface area contributed by atoms with E-state index in [-0.39, 0.29) is 18.4 Å². The average molecular weight is 474 g/mol. The van der Waals surface area contributed by atoms with Crippen molar-refractivity contribution in [1.82, 2.24) is 5.32 Å². The predicted molar refractivity (Wildman–Crippen MR) is 117 cm³/mol. The van der Waals surface area contributed by atoms with Gasteiger partial charge in [-0.25, -0.2) is 0 Å². The number of anilines is 1. The third-order valence-electron chi connectivity index (χ3n) is 3.99. The number of nitrogens with one attached hydrogen (secondary N) is 2. The monoisotopic (exact) mass is 472 g/mol. The third kappa shape index (κ3) is 6.07. The Bertz CT molecular complexity index is 1010. The quantitative estimate of drug-likeness (QED) is 0.505. The van der Waals surface area contributed by atoms with E-state index in [0.29, 0.717) is 33.0 Å². The van der Waals surface area contributed by atoms with Crippen LogP contribution < -0.4 is 15.4 Å². The SMILES string of the molecule is O=C(COc1ccc(Cl)cc1Br)Nc1ccccc1C(=O)NCc1ccccc1. The van der Waals surface area contributed by atoms with Crippen molar-refractivity contribution in [2.45, 2.75) is 6.54 Å². The summed E-state index contributed by atoms with van der Waals surface area (Å²) < 4.78 is 6.16. The maximum absolute atomic E-state index is 12.6. The van der Waals surface area contributed by atoms with Gasteiger partial charge < -0.3 is 15.4 Å². The summed E-state index contributed by atoms with van der Waals surface area (Å²) >= 11 is 9.23. The van der Waals surface area contributed by atoms with E-state index in [9.17, 15) is 9.59 Å². The van der Waals surface area contributed by atoms with Crippen LogP contribution in [0.5, 0.6) is 5.75 Å². The summed E-state index contributed by atoms with van der Waals surface area (Å²) in [6.45, 7) is 0.190. The van der Waals surface area contributed by atoms with E-state index in [1.165, 1.54) is 0 Å². The van der Waals surface area contributed by atoms with Crippen LogP contribution >= 0.6 is 27.5 Å². The van der Waals surface area contributed by atoms with Crippen LogP contribution in [0.15, 0.2) is 77.3 Å². The van der Waals surface area contributed by atoms with Gasteiger partial charge in [-0.3, -0.25) is 9.59 Å². The van der Waals surface area contributed by atoms with Gasteiger partial charge in [0.2, 0.25) is 0 Å². The molecule has 0 aliphatic rings. The Morgan fingerprint density at radius 1 is 0.966 bits per heavy atom. The summed E-state index contributed by atoms with van der Waals surface area (Å²) in [5.74, 6) is -0.153. The molecule has 0 aromatic heterocycles. The summed E-state index contributed by atoms with van der Waals surface area (Å²) in [6.07, 6.45) is 0. The van der Waals surface area contributed by atoms with E-state index >= 15 is 0 Å². The number of ether oxygens (including phenoxy) is 1. The maximum Gasteiger partial charge on any atom is 0.262 e. The number of carbonyl (C=O) groups excluding carboxylic acids is 2. The minimum absolute atomic E-state index is 0.208. The lowest BCUT2D eigenvalue weighted by Gasteiger charge is -2.12. The molecule has 0 atom stereocenters. The highest BCUT2D eigenvalue weighted by Crippen LogP contribution is 2.28. The van der Waals surface area contributed by atoms with Crippen molar-refractivity contribution >= 4 is 45.0 Å². The Hall–Kier alpha value is -2.83. The molecule has 7 heteroatoms. The minimum Gasteiger partial charge on any atom is -0.483 e. The van der Waals surface area contributed by atoms with Crippen LogP contribution in [0.2, 0.25) is 5.02 Å². The zero-order chi connectivity index (χ0) is 20.6. The Labute approximate surface area is 182 Å². The zero-order valence-electron chi connectivity index (χ0n) is 15.3. The number of carbonyl (C=O) groups is 2. The van der Waals surface area contributed by atoms with Crippen LogP contribution in [0.4, 0.5) is 5.69 Å². The van der Waals surface area contributed by atoms with E-state index in [1.54, 1.807) is 42.5 Å². The molecular formula is C22H18BrClN2O3. The van der Waals surface area contributed by atoms with Crippen molar-refractivity contribution in [1.29, 1.82) is 0 Å². The second-order valence-electron chi connectivity index (χ2n) is 6.13. The highest BCUT2D eigenvalue weighted by Gasteiger charge is 2.14. The molecule has 0 unspecified atom stereocenters. The van der Waals surface area contributed by atoms with Gasteiger partial charge in [0, 0.05) is 11.6 Å². The van der Waals surface area contributed by atoms with Gasteiger partial charge in [-0.05, 0) is 51.8 Å². The number of para-hydroxylation sites is 1. The first-order valence-corrected chi connectivity index (χ1v) is 9.99. The van der Waals surface area contributed by atoms with Gasteiger partial charge in [-0.2, -0.15) is 0 Å². The number of rotatable bonds is 7. The Morgan fingerprint density at radius 2 is 1.69 bits per heavy atom. The summed E-state index contributed by atoms with van der Waals surface area (Å²) in [4.78, 5) is 24.9. The van der Waals surface area contributed by atoms with E-state index < -0.39 is 0 Å². The molecule has 0 radical (unpaired) electrons. The number of hydrogen-bond donors (Lipinski definition) is 2. The first-order valence-electron chi connectivity index (χ1n) is 8.82. The standard InChI is InChI=1S/C22H18BrClN2O3/c23-18-12-16(24)10-11-20(18)29-14-21(27)26-19-9-5-4-8-17(19)22(28)25-13-15-6-2-1-3-7-15/h1-12H,13-14H2,(H,25,28)(H,26,27). The second-order valence-corrected chi connectivity index (χ2v) is 7.42. The molecule has 3 aromatic carbocycles. The summed E-state index contributed by atoms with van der Waals surface area (Å²) in [5.41, 5.74) is 1.79. The van der Waals surface area contributed by atoms with Crippen molar-refractivity contribution in [2.24, 2.45) is 0 Å². The normalized spacial score (nSPS) is 10.3. The Balaban J connectivity index is 1.60. The van der Waals surface area contributed by atoms with Crippen LogP contribution in [-0.4, -0.2) is 18.4 Å². The molecule has 0 saturated heterocycles. The van der Waals surface area contributed by atoms with Crippen LogP contribution in [0.25, 0.3) is 0 Å². The fourth-order valence-electron chi connectivity index (χ4n) is 2.59. The van der Waals surface area contributed by atoms with Crippen LogP contribution in [-0.2, 0) is 11.3 Å². The van der Waals surface area contributed by atoms with Crippen molar-refractivity contribution in [3.8, 4) is 5.75 Å². The van der Waals surface area contributed by atoms with Crippen molar-refractivity contribution in [3.05, 3.63) is 93.4 Å². The lowest BCUT2D eigenvalue weighted by molar-refractivity contribution is -0.118. The van der Waals surface area contributed by atoms with Crippen molar-refractivity contribution in [2.75, 3.05) is 11.9 Å². The maximum atomic E-state index is 12.6. The van der Waals surface area contributed by atoms with Crippen LogP contribution in [0, 0.1) is 0 Å². The topological polar surface area (TPSA) is 67.4 Å². The van der Waals surface area contributed by atoms with Gasteiger partial charge in [-0.1, -0.05) is 54.1 Å². The second kappa shape index (κ2) is 10.1. The van der Waals surface area contributed by atoms with Gasteiger partial charge in [0.1, 0.15) is 5.75 Å². The lowest BCUT2D eigenvalue weighted by Crippen LogP contribution is -2.26. The average Bonchev–Trinajstić information content (AvgIpc) is 2.72. The number of benzene rings is 3. The summed E-state index contributed by atoms with van der Waals surface area (Å²) in [6, 6.07) is 21.5. The highest BCUT2D eigenvalue weighted by molar-refractivity contribution is 9.10. The zero-order valence-corrected chi connectivity index (χ0v) is 17.7. The van der Waals surface area contributed by atoms with Gasteiger partial charge in [0.25, 0.3) is 11.8 Å². The molecule has 0 aliphatic heterocycles. The Kier molecular flexibility index (Phi) is 7.27. The molecule has 0 heterocycles. The number of hydrogen-bond acceptors (Lipinski definition) is 3. The minimum atomic E-state index is -0.379. The third-order valence-corrected chi connectivity index (χ3v) is 4.85. The summed E-state index contributed by atoms with van der Waals surface area (Å²) in [7, 11) is 0. The highest BCUT2D eigenvalue weighted by atomic mass is 79.9. The van der Waals surface area contributed by atoms with Gasteiger partial charge in [-0.15, -0.1) is 0 Å². The van der Waals surface area contributed by atoms with Crippen LogP contribution in [0.3, 0.4) is 0 Å². The van der Waals surface area contributed by atoms with E-state index in [4.69, 9.17) is 16.3 Å². The van der Waals surface area contributed by atoms with Crippen molar-refractivity contribution < 1.29 is 14.3 Å². The molecule has 148 valence electrons. The predicted octanol–water partition coefficient (Wildman–Crippen LogP) is 5.05. The number of amides is 2.